The van der Waals surface area contributed by atoms with Crippen molar-refractivity contribution < 1.29 is 4.74 Å². The quantitative estimate of drug-likeness (QED) is 0.793. The smallest absolute Gasteiger partial charge is 0.174 e. The predicted molar refractivity (Wildman–Crippen MR) is 69.4 cm³/mol. The number of ether oxygens (including phenoxy) is 1. The van der Waals surface area contributed by atoms with Crippen LogP contribution in [-0.4, -0.2) is 16.5 Å². The van der Waals surface area contributed by atoms with Crippen molar-refractivity contribution in [3.8, 4) is 17.1 Å². The first-order valence-electron chi connectivity index (χ1n) is 4.35. The maximum atomic E-state index is 5.20. The van der Waals surface area contributed by atoms with Gasteiger partial charge in [0.2, 0.25) is 0 Å². The van der Waals surface area contributed by atoms with Gasteiger partial charge in [-0.25, -0.2) is 4.98 Å². The van der Waals surface area contributed by atoms with E-state index >= 15 is 0 Å². The van der Waals surface area contributed by atoms with Gasteiger partial charge in [-0.05, 0) is 64.8 Å². The van der Waals surface area contributed by atoms with E-state index in [0.717, 1.165) is 25.7 Å². The fraction of sp³-hybridized carbons (Fsp3) is 0.200. The molecule has 0 aliphatic heterocycles. The number of aromatic nitrogens is 2. The van der Waals surface area contributed by atoms with Crippen LogP contribution < -0.4 is 4.74 Å². The summed E-state index contributed by atoms with van der Waals surface area (Å²) in [5, 5.41) is 0. The van der Waals surface area contributed by atoms with Gasteiger partial charge in [-0.3, -0.25) is 0 Å². The van der Waals surface area contributed by atoms with Crippen LogP contribution in [0.1, 0.15) is 5.56 Å². The van der Waals surface area contributed by atoms with E-state index in [1.165, 1.54) is 11.5 Å². The fourth-order valence-corrected chi connectivity index (χ4v) is 2.30. The number of rotatable bonds is 2. The van der Waals surface area contributed by atoms with Crippen molar-refractivity contribution in [2.45, 2.75) is 6.92 Å². The van der Waals surface area contributed by atoms with E-state index in [-0.39, 0.29) is 0 Å². The summed E-state index contributed by atoms with van der Waals surface area (Å²) in [6.45, 7) is 2.01. The van der Waals surface area contributed by atoms with E-state index in [2.05, 4.69) is 31.9 Å². The normalized spacial score (nSPS) is 10.3. The third-order valence-electron chi connectivity index (χ3n) is 2.05. The minimum absolute atomic E-state index is 0.787. The molecule has 0 bridgehead atoms. The second-order valence-electron chi connectivity index (χ2n) is 3.06. The van der Waals surface area contributed by atoms with Gasteiger partial charge in [0, 0.05) is 5.56 Å². The Hall–Kier alpha value is -0.690. The summed E-state index contributed by atoms with van der Waals surface area (Å²) >= 11 is 3.58. The highest BCUT2D eigenvalue weighted by Gasteiger charge is 2.06. The van der Waals surface area contributed by atoms with Crippen molar-refractivity contribution in [2.75, 3.05) is 7.11 Å². The van der Waals surface area contributed by atoms with Crippen molar-refractivity contribution in [3.63, 3.8) is 0 Å². The van der Waals surface area contributed by atoms with Gasteiger partial charge in [-0.15, -0.1) is 0 Å². The lowest BCUT2D eigenvalue weighted by Crippen LogP contribution is -1.88. The van der Waals surface area contributed by atoms with Gasteiger partial charge < -0.3 is 4.74 Å². The molecule has 0 atom stereocenters. The van der Waals surface area contributed by atoms with Crippen molar-refractivity contribution in [1.29, 1.82) is 0 Å². The number of benzene rings is 1. The molecule has 0 N–H and O–H groups in total. The molecule has 0 fully saturated rings. The first kappa shape index (κ1) is 10.8. The summed E-state index contributed by atoms with van der Waals surface area (Å²) < 4.78 is 10.4. The molecule has 0 saturated heterocycles. The number of nitrogens with zero attached hydrogens (tertiary/aromatic N) is 2. The zero-order valence-electron chi connectivity index (χ0n) is 8.32. The second kappa shape index (κ2) is 4.44. The molecule has 15 heavy (non-hydrogen) atoms. The standard InChI is InChI=1S/C10H9IN2OS/c1-6-5-7(3-4-8(6)14-2)9-12-10(11)15-13-9/h3-5H,1-2H3. The molecule has 1 aromatic heterocycles. The van der Waals surface area contributed by atoms with Crippen molar-refractivity contribution in [3.05, 3.63) is 26.8 Å². The molecule has 2 aromatic rings. The van der Waals surface area contributed by atoms with E-state index in [1.54, 1.807) is 7.11 Å². The summed E-state index contributed by atoms with van der Waals surface area (Å²) in [6, 6.07) is 5.96. The molecule has 1 heterocycles. The predicted octanol–water partition coefficient (Wildman–Crippen LogP) is 3.13. The van der Waals surface area contributed by atoms with Crippen LogP contribution in [0.25, 0.3) is 11.4 Å². The minimum atomic E-state index is 0.787. The van der Waals surface area contributed by atoms with Gasteiger partial charge in [0.15, 0.2) is 8.84 Å². The Morgan fingerprint density at radius 3 is 2.73 bits per heavy atom. The topological polar surface area (TPSA) is 35.0 Å². The average molecular weight is 332 g/mol. The van der Waals surface area contributed by atoms with Gasteiger partial charge in [0.1, 0.15) is 5.75 Å². The number of hydrogen-bond acceptors (Lipinski definition) is 4. The van der Waals surface area contributed by atoms with Crippen molar-refractivity contribution in [1.82, 2.24) is 9.36 Å². The van der Waals surface area contributed by atoms with Gasteiger partial charge in [0.25, 0.3) is 0 Å². The molecule has 2 rings (SSSR count). The Labute approximate surface area is 106 Å². The lowest BCUT2D eigenvalue weighted by atomic mass is 10.1. The summed E-state index contributed by atoms with van der Waals surface area (Å²) in [6.07, 6.45) is 0. The van der Waals surface area contributed by atoms with Crippen LogP contribution in [0, 0.1) is 9.94 Å². The van der Waals surface area contributed by atoms with Crippen molar-refractivity contribution >= 4 is 34.1 Å². The van der Waals surface area contributed by atoms with E-state index < -0.39 is 0 Å². The first-order chi connectivity index (χ1) is 7.20. The van der Waals surface area contributed by atoms with Gasteiger partial charge in [-0.1, -0.05) is 0 Å². The molecular formula is C10H9IN2OS. The number of methoxy groups -OCH3 is 1. The second-order valence-corrected chi connectivity index (χ2v) is 5.56. The molecule has 0 aliphatic rings. The Morgan fingerprint density at radius 2 is 2.20 bits per heavy atom. The zero-order valence-corrected chi connectivity index (χ0v) is 11.3. The molecule has 0 spiro atoms. The molecule has 1 aromatic carbocycles. The minimum Gasteiger partial charge on any atom is -0.496 e. The lowest BCUT2D eigenvalue weighted by Gasteiger charge is -2.04. The van der Waals surface area contributed by atoms with E-state index in [1.807, 2.05) is 25.1 Å². The maximum Gasteiger partial charge on any atom is 0.174 e. The van der Waals surface area contributed by atoms with Crippen LogP contribution >= 0.6 is 34.1 Å². The third-order valence-corrected chi connectivity index (χ3v) is 3.39. The van der Waals surface area contributed by atoms with E-state index in [0.29, 0.717) is 0 Å². The Balaban J connectivity index is 2.42. The maximum absolute atomic E-state index is 5.20. The van der Waals surface area contributed by atoms with Crippen LogP contribution in [-0.2, 0) is 0 Å². The molecule has 78 valence electrons. The Kier molecular flexibility index (Phi) is 3.20. The summed E-state index contributed by atoms with van der Waals surface area (Å²) in [7, 11) is 1.67. The molecule has 0 aliphatic carbocycles. The SMILES string of the molecule is COc1ccc(-c2nsc(I)n2)cc1C. The molecule has 0 unspecified atom stereocenters. The molecule has 3 nitrogen and oxygen atoms in total. The third kappa shape index (κ3) is 2.28. The van der Waals surface area contributed by atoms with Gasteiger partial charge in [0.05, 0.1) is 7.11 Å². The highest BCUT2D eigenvalue weighted by molar-refractivity contribution is 14.1. The zero-order chi connectivity index (χ0) is 10.8. The summed E-state index contributed by atoms with van der Waals surface area (Å²) in [4.78, 5) is 4.33. The van der Waals surface area contributed by atoms with Crippen LogP contribution in [0.4, 0.5) is 0 Å². The number of aryl methyl sites for hydroxylation is 1. The van der Waals surface area contributed by atoms with Crippen LogP contribution in [0.15, 0.2) is 18.2 Å². The highest BCUT2D eigenvalue weighted by Crippen LogP contribution is 2.25. The number of hydrogen-bond donors (Lipinski definition) is 0. The van der Waals surface area contributed by atoms with Crippen LogP contribution in [0.3, 0.4) is 0 Å². The fourth-order valence-electron chi connectivity index (χ4n) is 1.34. The summed E-state index contributed by atoms with van der Waals surface area (Å²) in [5.41, 5.74) is 2.13. The monoisotopic (exact) mass is 332 g/mol. The molecule has 0 saturated carbocycles. The Morgan fingerprint density at radius 1 is 1.40 bits per heavy atom. The highest BCUT2D eigenvalue weighted by atomic mass is 127. The first-order valence-corrected chi connectivity index (χ1v) is 6.20. The van der Waals surface area contributed by atoms with E-state index in [4.69, 9.17) is 4.74 Å². The lowest BCUT2D eigenvalue weighted by molar-refractivity contribution is 0.412. The Bertz CT molecular complexity index is 484. The molecule has 0 amide bonds. The molecule has 0 radical (unpaired) electrons. The molecule has 5 heteroatoms. The molecular weight excluding hydrogens is 323 g/mol. The van der Waals surface area contributed by atoms with Gasteiger partial charge in [-0.2, -0.15) is 4.37 Å². The summed E-state index contributed by atoms with van der Waals surface area (Å²) in [5.74, 6) is 1.68. The van der Waals surface area contributed by atoms with Gasteiger partial charge >= 0.3 is 0 Å². The largest absolute Gasteiger partial charge is 0.496 e. The average Bonchev–Trinajstić information content (AvgIpc) is 2.65. The van der Waals surface area contributed by atoms with Crippen LogP contribution in [0.5, 0.6) is 5.75 Å². The van der Waals surface area contributed by atoms with E-state index in [9.17, 15) is 0 Å². The van der Waals surface area contributed by atoms with Crippen molar-refractivity contribution in [2.24, 2.45) is 0 Å². The van der Waals surface area contributed by atoms with Crippen LogP contribution in [0.2, 0.25) is 0 Å². The number of halogens is 1.